The summed E-state index contributed by atoms with van der Waals surface area (Å²) in [4.78, 5) is 11.6. The molecule has 2 N–H and O–H groups in total. The number of halogens is 1. The van der Waals surface area contributed by atoms with Crippen LogP contribution in [0.3, 0.4) is 0 Å². The Bertz CT molecular complexity index is 530. The number of aromatic nitrogens is 1. The molecule has 1 aliphatic heterocycles. The van der Waals surface area contributed by atoms with Crippen LogP contribution in [0.25, 0.3) is 0 Å². The molecule has 2 fully saturated rings. The monoisotopic (exact) mass is 457 g/mol. The van der Waals surface area contributed by atoms with Gasteiger partial charge in [0.15, 0.2) is 5.96 Å². The Kier molecular flexibility index (Phi) is 8.26. The highest BCUT2D eigenvalue weighted by Gasteiger charge is 2.43. The summed E-state index contributed by atoms with van der Waals surface area (Å²) >= 11 is 0. The number of aliphatic imine (C=N–C) groups is 1. The highest BCUT2D eigenvalue weighted by Crippen LogP contribution is 2.47. The zero-order valence-corrected chi connectivity index (χ0v) is 17.7. The smallest absolute Gasteiger partial charge is 0.193 e. The van der Waals surface area contributed by atoms with Gasteiger partial charge in [0.25, 0.3) is 0 Å². The highest BCUT2D eigenvalue weighted by molar-refractivity contribution is 14.0. The minimum absolute atomic E-state index is 0. The van der Waals surface area contributed by atoms with Gasteiger partial charge in [0, 0.05) is 38.9 Å². The third-order valence-corrected chi connectivity index (χ3v) is 5.30. The summed E-state index contributed by atoms with van der Waals surface area (Å²) in [5.41, 5.74) is 0.628. The molecule has 1 saturated carbocycles. The molecule has 140 valence electrons. The first-order valence-corrected chi connectivity index (χ1v) is 9.49. The number of rotatable bonds is 7. The quantitative estimate of drug-likeness (QED) is 0.284. The molecule has 25 heavy (non-hydrogen) atoms. The van der Waals surface area contributed by atoms with Crippen LogP contribution in [0.15, 0.2) is 29.4 Å². The van der Waals surface area contributed by atoms with Crippen molar-refractivity contribution >= 4 is 35.8 Å². The van der Waals surface area contributed by atoms with E-state index in [0.717, 1.165) is 44.3 Å². The molecule has 1 aliphatic carbocycles. The lowest BCUT2D eigenvalue weighted by atomic mass is 9.68. The lowest BCUT2D eigenvalue weighted by molar-refractivity contribution is 0.151. The highest BCUT2D eigenvalue weighted by atomic mass is 127. The number of anilines is 1. The molecule has 0 aromatic carbocycles. The Morgan fingerprint density at radius 1 is 1.28 bits per heavy atom. The van der Waals surface area contributed by atoms with Gasteiger partial charge in [-0.25, -0.2) is 4.98 Å². The SMILES string of the molecule is CCNC(=NCCCCNc1ccccn1)N1CCC2(CCC2)C1.I. The predicted molar refractivity (Wildman–Crippen MR) is 116 cm³/mol. The number of nitrogens with zero attached hydrogens (tertiary/aromatic N) is 3. The van der Waals surface area contributed by atoms with Crippen molar-refractivity contribution < 1.29 is 0 Å². The molecular formula is C19H32IN5. The lowest BCUT2D eigenvalue weighted by Crippen LogP contribution is -2.42. The summed E-state index contributed by atoms with van der Waals surface area (Å²) in [5, 5.41) is 6.83. The van der Waals surface area contributed by atoms with Crippen molar-refractivity contribution in [3.8, 4) is 0 Å². The molecule has 2 aliphatic rings. The van der Waals surface area contributed by atoms with E-state index in [4.69, 9.17) is 4.99 Å². The summed E-state index contributed by atoms with van der Waals surface area (Å²) in [6.07, 6.45) is 9.65. The molecular weight excluding hydrogens is 425 g/mol. The van der Waals surface area contributed by atoms with Gasteiger partial charge in [-0.2, -0.15) is 0 Å². The van der Waals surface area contributed by atoms with Crippen LogP contribution in [0, 0.1) is 5.41 Å². The first-order valence-electron chi connectivity index (χ1n) is 9.49. The van der Waals surface area contributed by atoms with Gasteiger partial charge in [-0.3, -0.25) is 4.99 Å². The minimum Gasteiger partial charge on any atom is -0.370 e. The molecule has 3 rings (SSSR count). The fourth-order valence-corrected chi connectivity index (χ4v) is 3.73. The maximum Gasteiger partial charge on any atom is 0.193 e. The van der Waals surface area contributed by atoms with Crippen molar-refractivity contribution in [2.45, 2.75) is 45.4 Å². The van der Waals surface area contributed by atoms with Crippen molar-refractivity contribution in [3.63, 3.8) is 0 Å². The van der Waals surface area contributed by atoms with E-state index in [-0.39, 0.29) is 24.0 Å². The van der Waals surface area contributed by atoms with Gasteiger partial charge in [0.05, 0.1) is 0 Å². The van der Waals surface area contributed by atoms with Crippen LogP contribution in [0.1, 0.15) is 45.4 Å². The van der Waals surface area contributed by atoms with Crippen LogP contribution < -0.4 is 10.6 Å². The first-order chi connectivity index (χ1) is 11.8. The molecule has 0 amide bonds. The topological polar surface area (TPSA) is 52.6 Å². The van der Waals surface area contributed by atoms with Gasteiger partial charge >= 0.3 is 0 Å². The van der Waals surface area contributed by atoms with E-state index in [1.165, 1.54) is 38.8 Å². The molecule has 1 spiro atoms. The average Bonchev–Trinajstić information content (AvgIpc) is 3.04. The molecule has 2 heterocycles. The molecule has 1 saturated heterocycles. The number of hydrogen-bond donors (Lipinski definition) is 2. The largest absolute Gasteiger partial charge is 0.370 e. The summed E-state index contributed by atoms with van der Waals surface area (Å²) in [7, 11) is 0. The van der Waals surface area contributed by atoms with Crippen LogP contribution in [-0.4, -0.2) is 48.6 Å². The molecule has 1 aromatic rings. The lowest BCUT2D eigenvalue weighted by Gasteiger charge is -2.38. The van der Waals surface area contributed by atoms with Crippen molar-refractivity contribution in [1.29, 1.82) is 0 Å². The second kappa shape index (κ2) is 10.2. The number of likely N-dealkylation sites (tertiary alicyclic amines) is 1. The van der Waals surface area contributed by atoms with E-state index < -0.39 is 0 Å². The van der Waals surface area contributed by atoms with E-state index >= 15 is 0 Å². The van der Waals surface area contributed by atoms with Gasteiger partial charge in [0.1, 0.15) is 5.82 Å². The second-order valence-electron chi connectivity index (χ2n) is 7.11. The van der Waals surface area contributed by atoms with E-state index in [1.54, 1.807) is 0 Å². The number of hydrogen-bond acceptors (Lipinski definition) is 3. The fourth-order valence-electron chi connectivity index (χ4n) is 3.73. The number of nitrogens with one attached hydrogen (secondary N) is 2. The third-order valence-electron chi connectivity index (χ3n) is 5.30. The number of guanidine groups is 1. The van der Waals surface area contributed by atoms with Gasteiger partial charge < -0.3 is 15.5 Å². The van der Waals surface area contributed by atoms with Gasteiger partial charge in [0.2, 0.25) is 0 Å². The zero-order chi connectivity index (χ0) is 16.7. The van der Waals surface area contributed by atoms with Crippen molar-refractivity contribution in [3.05, 3.63) is 24.4 Å². The van der Waals surface area contributed by atoms with Gasteiger partial charge in [-0.1, -0.05) is 12.5 Å². The summed E-state index contributed by atoms with van der Waals surface area (Å²) in [6.45, 7) is 7.34. The van der Waals surface area contributed by atoms with E-state index in [2.05, 4.69) is 27.4 Å². The Morgan fingerprint density at radius 2 is 2.16 bits per heavy atom. The molecule has 0 bridgehead atoms. The minimum atomic E-state index is 0. The van der Waals surface area contributed by atoms with Gasteiger partial charge in [-0.05, 0) is 56.6 Å². The Labute approximate surface area is 169 Å². The van der Waals surface area contributed by atoms with Crippen LogP contribution in [0.4, 0.5) is 5.82 Å². The van der Waals surface area contributed by atoms with Crippen LogP contribution >= 0.6 is 24.0 Å². The van der Waals surface area contributed by atoms with Crippen LogP contribution in [-0.2, 0) is 0 Å². The summed E-state index contributed by atoms with van der Waals surface area (Å²) < 4.78 is 0. The Morgan fingerprint density at radius 3 is 2.80 bits per heavy atom. The Hall–Kier alpha value is -1.05. The molecule has 0 atom stereocenters. The van der Waals surface area contributed by atoms with E-state index in [0.29, 0.717) is 5.41 Å². The summed E-state index contributed by atoms with van der Waals surface area (Å²) in [5.74, 6) is 2.08. The van der Waals surface area contributed by atoms with E-state index in [1.807, 2.05) is 24.4 Å². The first kappa shape index (κ1) is 20.3. The summed E-state index contributed by atoms with van der Waals surface area (Å²) in [6, 6.07) is 5.95. The molecule has 0 radical (unpaired) electrons. The normalized spacial score (nSPS) is 18.6. The maximum absolute atomic E-state index is 4.85. The predicted octanol–water partition coefficient (Wildman–Crippen LogP) is 3.73. The molecule has 6 heteroatoms. The Balaban J connectivity index is 0.00000225. The number of unbranched alkanes of at least 4 members (excludes halogenated alkanes) is 1. The standard InChI is InChI=1S/C19H31N5.HI/c1-2-20-18(24-15-11-19(16-24)9-7-10-19)23-14-6-5-13-22-17-8-3-4-12-21-17;/h3-4,8,12H,2,5-7,9-11,13-16H2,1H3,(H,20,23)(H,21,22);1H. The molecule has 5 nitrogen and oxygen atoms in total. The zero-order valence-electron chi connectivity index (χ0n) is 15.3. The molecule has 1 aromatic heterocycles. The third kappa shape index (κ3) is 5.72. The van der Waals surface area contributed by atoms with Crippen molar-refractivity contribution in [1.82, 2.24) is 15.2 Å². The van der Waals surface area contributed by atoms with Crippen LogP contribution in [0.5, 0.6) is 0 Å². The number of pyridine rings is 1. The average molecular weight is 457 g/mol. The second-order valence-corrected chi connectivity index (χ2v) is 7.11. The fraction of sp³-hybridized carbons (Fsp3) is 0.684. The van der Waals surface area contributed by atoms with Gasteiger partial charge in [-0.15, -0.1) is 24.0 Å². The van der Waals surface area contributed by atoms with Crippen molar-refractivity contribution in [2.24, 2.45) is 10.4 Å². The van der Waals surface area contributed by atoms with Crippen molar-refractivity contribution in [2.75, 3.05) is 38.0 Å². The van der Waals surface area contributed by atoms with E-state index in [9.17, 15) is 0 Å². The molecule has 0 unspecified atom stereocenters. The van der Waals surface area contributed by atoms with Crippen LogP contribution in [0.2, 0.25) is 0 Å². The maximum atomic E-state index is 4.85.